The maximum atomic E-state index is 4.44. The Balaban J connectivity index is 2.59. The zero-order valence-corrected chi connectivity index (χ0v) is 11.9. The Morgan fingerprint density at radius 2 is 2.18 bits per heavy atom. The van der Waals surface area contributed by atoms with Crippen LogP contribution in [0.25, 0.3) is 5.69 Å². The minimum Gasteiger partial charge on any atom is -0.358 e. The van der Waals surface area contributed by atoms with E-state index in [1.165, 1.54) is 11.3 Å². The topological polar surface area (TPSA) is 29.9 Å². The molecule has 1 aromatic heterocycles. The lowest BCUT2D eigenvalue weighted by atomic mass is 10.1. The Morgan fingerprint density at radius 1 is 1.41 bits per heavy atom. The summed E-state index contributed by atoms with van der Waals surface area (Å²) < 4.78 is 3.21. The van der Waals surface area contributed by atoms with E-state index in [0.717, 1.165) is 22.5 Å². The Morgan fingerprint density at radius 3 is 2.82 bits per heavy atom. The van der Waals surface area contributed by atoms with Crippen LogP contribution >= 0.6 is 15.9 Å². The predicted molar refractivity (Wildman–Crippen MR) is 74.9 cm³/mol. The van der Waals surface area contributed by atoms with Crippen molar-refractivity contribution in [3.63, 3.8) is 0 Å². The van der Waals surface area contributed by atoms with Gasteiger partial charge in [0.05, 0.1) is 11.4 Å². The van der Waals surface area contributed by atoms with Gasteiger partial charge in [-0.1, -0.05) is 22.9 Å². The number of rotatable bonds is 3. The number of hydrogen-bond acceptors (Lipinski definition) is 2. The van der Waals surface area contributed by atoms with Gasteiger partial charge in [0.15, 0.2) is 0 Å². The molecular weight excluding hydrogens is 278 g/mol. The van der Waals surface area contributed by atoms with E-state index in [9.17, 15) is 0 Å². The average Bonchev–Trinajstić information content (AvgIpc) is 2.70. The number of imidazole rings is 1. The highest BCUT2D eigenvalue weighted by molar-refractivity contribution is 9.10. The van der Waals surface area contributed by atoms with Gasteiger partial charge in [-0.2, -0.15) is 0 Å². The summed E-state index contributed by atoms with van der Waals surface area (Å²) in [6.45, 7) is 4.16. The number of halogens is 1. The second-order valence-corrected chi connectivity index (χ2v) is 4.87. The fraction of sp³-hybridized carbons (Fsp3) is 0.308. The van der Waals surface area contributed by atoms with Crippen LogP contribution in [0.3, 0.4) is 0 Å². The summed E-state index contributed by atoms with van der Waals surface area (Å²) in [5.41, 5.74) is 3.49. The van der Waals surface area contributed by atoms with Gasteiger partial charge in [-0.15, -0.1) is 0 Å². The zero-order valence-electron chi connectivity index (χ0n) is 10.3. The number of nitrogens with one attached hydrogen (secondary N) is 1. The van der Waals surface area contributed by atoms with Crippen LogP contribution in [0, 0.1) is 6.92 Å². The second-order valence-electron chi connectivity index (χ2n) is 3.95. The molecule has 1 N–H and O–H groups in total. The first kappa shape index (κ1) is 12.2. The molecule has 3 nitrogen and oxygen atoms in total. The molecule has 4 heteroatoms. The van der Waals surface area contributed by atoms with Crippen LogP contribution < -0.4 is 5.32 Å². The van der Waals surface area contributed by atoms with Crippen LogP contribution in [0.1, 0.15) is 18.2 Å². The highest BCUT2D eigenvalue weighted by Gasteiger charge is 2.09. The van der Waals surface area contributed by atoms with Crippen molar-refractivity contribution in [3.05, 3.63) is 40.1 Å². The van der Waals surface area contributed by atoms with Crippen molar-refractivity contribution >= 4 is 21.9 Å². The lowest BCUT2D eigenvalue weighted by molar-refractivity contribution is 1.00. The first-order valence-corrected chi connectivity index (χ1v) is 6.47. The molecule has 0 saturated carbocycles. The third-order valence-electron chi connectivity index (χ3n) is 2.73. The molecule has 2 aromatic rings. The summed E-state index contributed by atoms with van der Waals surface area (Å²) in [6.07, 6.45) is 3.05. The van der Waals surface area contributed by atoms with E-state index in [1.807, 2.05) is 20.2 Å². The summed E-state index contributed by atoms with van der Waals surface area (Å²) in [4.78, 5) is 4.44. The Kier molecular flexibility index (Phi) is 3.52. The molecule has 0 unspecified atom stereocenters. The van der Waals surface area contributed by atoms with Crippen LogP contribution in [0.5, 0.6) is 0 Å². The van der Waals surface area contributed by atoms with E-state index in [1.54, 1.807) is 0 Å². The molecule has 0 aliphatic heterocycles. The SMILES string of the molecule is CCc1cc(Br)ccc1-n1cc(C)nc1NC. The molecular formula is C13H16BrN3. The maximum absolute atomic E-state index is 4.44. The highest BCUT2D eigenvalue weighted by atomic mass is 79.9. The van der Waals surface area contributed by atoms with Crippen LogP contribution in [0.2, 0.25) is 0 Å². The monoisotopic (exact) mass is 293 g/mol. The van der Waals surface area contributed by atoms with Gasteiger partial charge < -0.3 is 5.32 Å². The van der Waals surface area contributed by atoms with Crippen molar-refractivity contribution in [1.82, 2.24) is 9.55 Å². The number of anilines is 1. The summed E-state index contributed by atoms with van der Waals surface area (Å²) in [5, 5.41) is 3.12. The smallest absolute Gasteiger partial charge is 0.207 e. The van der Waals surface area contributed by atoms with Gasteiger partial charge in [0.25, 0.3) is 0 Å². The Hall–Kier alpha value is -1.29. The molecule has 0 saturated heterocycles. The summed E-state index contributed by atoms with van der Waals surface area (Å²) in [7, 11) is 1.89. The number of hydrogen-bond donors (Lipinski definition) is 1. The Bertz CT molecular complexity index is 531. The van der Waals surface area contributed by atoms with E-state index < -0.39 is 0 Å². The van der Waals surface area contributed by atoms with Crippen molar-refractivity contribution in [3.8, 4) is 5.69 Å². The Labute approximate surface area is 110 Å². The molecule has 0 bridgehead atoms. The fourth-order valence-corrected chi connectivity index (χ4v) is 2.34. The maximum Gasteiger partial charge on any atom is 0.207 e. The number of aromatic nitrogens is 2. The third-order valence-corrected chi connectivity index (χ3v) is 3.23. The van der Waals surface area contributed by atoms with Crippen LogP contribution in [0.4, 0.5) is 5.95 Å². The molecule has 0 fully saturated rings. The van der Waals surface area contributed by atoms with E-state index in [4.69, 9.17) is 0 Å². The van der Waals surface area contributed by atoms with E-state index in [-0.39, 0.29) is 0 Å². The van der Waals surface area contributed by atoms with Crippen LogP contribution in [0.15, 0.2) is 28.9 Å². The second kappa shape index (κ2) is 4.92. The molecule has 0 amide bonds. The lowest BCUT2D eigenvalue weighted by Crippen LogP contribution is -2.03. The van der Waals surface area contributed by atoms with Gasteiger partial charge in [0.2, 0.25) is 5.95 Å². The first-order chi connectivity index (χ1) is 8.15. The zero-order chi connectivity index (χ0) is 12.4. The fourth-order valence-electron chi connectivity index (χ4n) is 1.93. The largest absolute Gasteiger partial charge is 0.358 e. The molecule has 0 atom stereocenters. The predicted octanol–water partition coefficient (Wildman–Crippen LogP) is 3.55. The number of benzene rings is 1. The van der Waals surface area contributed by atoms with Crippen molar-refractivity contribution in [2.75, 3.05) is 12.4 Å². The first-order valence-electron chi connectivity index (χ1n) is 5.68. The third kappa shape index (κ3) is 2.36. The molecule has 17 heavy (non-hydrogen) atoms. The number of nitrogens with zero attached hydrogens (tertiary/aromatic N) is 2. The van der Waals surface area contributed by atoms with Gasteiger partial charge in [-0.3, -0.25) is 4.57 Å². The van der Waals surface area contributed by atoms with Gasteiger partial charge in [0.1, 0.15) is 0 Å². The minimum atomic E-state index is 0.875. The van der Waals surface area contributed by atoms with Gasteiger partial charge in [-0.05, 0) is 37.1 Å². The minimum absolute atomic E-state index is 0.875. The molecule has 0 radical (unpaired) electrons. The van der Waals surface area contributed by atoms with Crippen molar-refractivity contribution in [2.24, 2.45) is 0 Å². The normalized spacial score (nSPS) is 10.6. The summed E-state index contributed by atoms with van der Waals surface area (Å²) in [6, 6.07) is 6.33. The van der Waals surface area contributed by atoms with E-state index >= 15 is 0 Å². The van der Waals surface area contributed by atoms with E-state index in [0.29, 0.717) is 0 Å². The molecule has 1 aromatic carbocycles. The quantitative estimate of drug-likeness (QED) is 0.938. The molecule has 0 aliphatic rings. The van der Waals surface area contributed by atoms with Crippen LogP contribution in [-0.4, -0.2) is 16.6 Å². The highest BCUT2D eigenvalue weighted by Crippen LogP contribution is 2.24. The van der Waals surface area contributed by atoms with Gasteiger partial charge in [0, 0.05) is 17.7 Å². The van der Waals surface area contributed by atoms with Crippen molar-refractivity contribution in [1.29, 1.82) is 0 Å². The molecule has 0 aliphatic carbocycles. The standard InChI is InChI=1S/C13H16BrN3/c1-4-10-7-11(14)5-6-12(10)17-8-9(2)16-13(17)15-3/h5-8H,4H2,1-3H3,(H,15,16). The molecule has 90 valence electrons. The molecule has 2 rings (SSSR count). The summed E-state index contributed by atoms with van der Waals surface area (Å²) in [5.74, 6) is 0.875. The van der Waals surface area contributed by atoms with Crippen molar-refractivity contribution in [2.45, 2.75) is 20.3 Å². The van der Waals surface area contributed by atoms with Gasteiger partial charge in [-0.25, -0.2) is 4.98 Å². The lowest BCUT2D eigenvalue weighted by Gasteiger charge is -2.12. The van der Waals surface area contributed by atoms with Crippen LogP contribution in [-0.2, 0) is 6.42 Å². The molecule has 0 spiro atoms. The van der Waals surface area contributed by atoms with Gasteiger partial charge >= 0.3 is 0 Å². The van der Waals surface area contributed by atoms with Crippen molar-refractivity contribution < 1.29 is 0 Å². The average molecular weight is 294 g/mol. The summed E-state index contributed by atoms with van der Waals surface area (Å²) >= 11 is 3.51. The molecule has 1 heterocycles. The van der Waals surface area contributed by atoms with E-state index in [2.05, 4.69) is 55.9 Å². The number of aryl methyl sites for hydroxylation is 2.